The number of hydrogen-bond acceptors (Lipinski definition) is 2. The maximum Gasteiger partial charge on any atom is 0.107 e. The van der Waals surface area contributed by atoms with Crippen molar-refractivity contribution in [3.8, 4) is 0 Å². The van der Waals surface area contributed by atoms with E-state index in [2.05, 4.69) is 9.97 Å². The van der Waals surface area contributed by atoms with E-state index in [0.29, 0.717) is 12.8 Å². The van der Waals surface area contributed by atoms with Crippen LogP contribution in [0.25, 0.3) is 11.0 Å². The van der Waals surface area contributed by atoms with Crippen LogP contribution in [0, 0.1) is 5.41 Å². The van der Waals surface area contributed by atoms with E-state index in [4.69, 9.17) is 11.1 Å². The normalized spacial score (nSPS) is 10.6. The van der Waals surface area contributed by atoms with Gasteiger partial charge in [0, 0.05) is 12.8 Å². The van der Waals surface area contributed by atoms with Gasteiger partial charge in [0.05, 0.1) is 16.9 Å². The topological polar surface area (TPSA) is 78.6 Å². The highest BCUT2D eigenvalue weighted by Gasteiger charge is 2.01. The average molecular weight is 188 g/mol. The molecule has 1 aromatic carbocycles. The maximum atomic E-state index is 7.11. The summed E-state index contributed by atoms with van der Waals surface area (Å²) in [4.78, 5) is 7.56. The van der Waals surface area contributed by atoms with Gasteiger partial charge >= 0.3 is 0 Å². The first-order chi connectivity index (χ1) is 6.75. The van der Waals surface area contributed by atoms with Gasteiger partial charge in [-0.25, -0.2) is 4.98 Å². The smallest absolute Gasteiger partial charge is 0.107 e. The van der Waals surface area contributed by atoms with Gasteiger partial charge in [0.25, 0.3) is 0 Å². The third kappa shape index (κ3) is 1.74. The van der Waals surface area contributed by atoms with Gasteiger partial charge < -0.3 is 10.7 Å². The second-order valence-electron chi connectivity index (χ2n) is 3.23. The van der Waals surface area contributed by atoms with Gasteiger partial charge in [-0.05, 0) is 12.1 Å². The Morgan fingerprint density at radius 2 is 2.21 bits per heavy atom. The van der Waals surface area contributed by atoms with E-state index in [1.165, 1.54) is 0 Å². The lowest BCUT2D eigenvalue weighted by molar-refractivity contribution is 0.930. The highest BCUT2D eigenvalue weighted by atomic mass is 14.9. The van der Waals surface area contributed by atoms with Crippen LogP contribution >= 0.6 is 0 Å². The summed E-state index contributed by atoms with van der Waals surface area (Å²) in [7, 11) is 0. The summed E-state index contributed by atoms with van der Waals surface area (Å²) < 4.78 is 0. The Hall–Kier alpha value is -1.84. The standard InChI is InChI=1S/C10H12N4/c11-9(12)5-6-10-13-7-3-1-2-4-8(7)14-10/h1-4H,5-6H2,(H3,11,12)(H,13,14). The lowest BCUT2D eigenvalue weighted by Gasteiger charge is -1.93. The number of aryl methyl sites for hydroxylation is 1. The summed E-state index contributed by atoms with van der Waals surface area (Å²) in [5.41, 5.74) is 7.27. The Morgan fingerprint density at radius 3 is 2.93 bits per heavy atom. The molecular formula is C10H12N4. The third-order valence-electron chi connectivity index (χ3n) is 2.07. The molecule has 2 rings (SSSR count). The number of imidazole rings is 1. The van der Waals surface area contributed by atoms with Gasteiger partial charge in [-0.1, -0.05) is 12.1 Å². The number of nitrogens with two attached hydrogens (primary N) is 1. The number of para-hydroxylation sites is 2. The van der Waals surface area contributed by atoms with Crippen LogP contribution in [0.1, 0.15) is 12.2 Å². The van der Waals surface area contributed by atoms with Crippen molar-refractivity contribution in [3.05, 3.63) is 30.1 Å². The molecule has 0 amide bonds. The largest absolute Gasteiger partial charge is 0.388 e. The van der Waals surface area contributed by atoms with Gasteiger partial charge in [-0.3, -0.25) is 5.41 Å². The molecule has 14 heavy (non-hydrogen) atoms. The predicted octanol–water partition coefficient (Wildman–Crippen LogP) is 1.43. The molecule has 1 aromatic heterocycles. The SMILES string of the molecule is N=C(N)CCc1nc2ccccc2[nH]1. The van der Waals surface area contributed by atoms with Crippen LogP contribution in [0.3, 0.4) is 0 Å². The van der Waals surface area contributed by atoms with Crippen LogP contribution in [0.5, 0.6) is 0 Å². The summed E-state index contributed by atoms with van der Waals surface area (Å²) >= 11 is 0. The molecule has 2 aromatic rings. The fraction of sp³-hybridized carbons (Fsp3) is 0.200. The van der Waals surface area contributed by atoms with Gasteiger partial charge in [0.2, 0.25) is 0 Å². The molecule has 0 radical (unpaired) electrons. The minimum atomic E-state index is 0.199. The number of nitrogens with zero attached hydrogens (tertiary/aromatic N) is 1. The number of aromatic nitrogens is 2. The molecule has 0 atom stereocenters. The number of nitrogens with one attached hydrogen (secondary N) is 2. The van der Waals surface area contributed by atoms with Crippen molar-refractivity contribution in [2.75, 3.05) is 0 Å². The zero-order valence-corrected chi connectivity index (χ0v) is 7.75. The van der Waals surface area contributed by atoms with Crippen molar-refractivity contribution in [3.63, 3.8) is 0 Å². The van der Waals surface area contributed by atoms with Crippen LogP contribution in [-0.4, -0.2) is 15.8 Å². The quantitative estimate of drug-likeness (QED) is 0.503. The summed E-state index contributed by atoms with van der Waals surface area (Å²) in [6.07, 6.45) is 1.25. The molecule has 0 saturated carbocycles. The first-order valence-corrected chi connectivity index (χ1v) is 4.52. The summed E-state index contributed by atoms with van der Waals surface area (Å²) in [6.45, 7) is 0. The number of aromatic amines is 1. The van der Waals surface area contributed by atoms with Crippen LogP contribution in [0.2, 0.25) is 0 Å². The fourth-order valence-corrected chi connectivity index (χ4v) is 1.38. The monoisotopic (exact) mass is 188 g/mol. The van der Waals surface area contributed by atoms with Crippen molar-refractivity contribution in [1.29, 1.82) is 5.41 Å². The van der Waals surface area contributed by atoms with E-state index in [9.17, 15) is 0 Å². The first-order valence-electron chi connectivity index (χ1n) is 4.52. The zero-order valence-electron chi connectivity index (χ0n) is 7.75. The van der Waals surface area contributed by atoms with Gasteiger partial charge in [0.1, 0.15) is 5.82 Å². The summed E-state index contributed by atoms with van der Waals surface area (Å²) in [5.74, 6) is 1.09. The molecule has 0 fully saturated rings. The van der Waals surface area contributed by atoms with Crippen molar-refractivity contribution in [2.24, 2.45) is 5.73 Å². The number of amidine groups is 1. The summed E-state index contributed by atoms with van der Waals surface area (Å²) in [5, 5.41) is 7.11. The number of rotatable bonds is 3. The minimum absolute atomic E-state index is 0.199. The minimum Gasteiger partial charge on any atom is -0.388 e. The Balaban J connectivity index is 2.22. The molecule has 72 valence electrons. The van der Waals surface area contributed by atoms with Gasteiger partial charge in [0.15, 0.2) is 0 Å². The molecule has 0 aliphatic rings. The number of fused-ring (bicyclic) bond motifs is 1. The fourth-order valence-electron chi connectivity index (χ4n) is 1.38. The highest BCUT2D eigenvalue weighted by Crippen LogP contribution is 2.10. The van der Waals surface area contributed by atoms with E-state index < -0.39 is 0 Å². The molecule has 0 aliphatic heterocycles. The Morgan fingerprint density at radius 1 is 1.43 bits per heavy atom. The Labute approximate surface area is 81.7 Å². The van der Waals surface area contributed by atoms with Gasteiger partial charge in [-0.2, -0.15) is 0 Å². The van der Waals surface area contributed by atoms with Crippen LogP contribution in [-0.2, 0) is 6.42 Å². The van der Waals surface area contributed by atoms with Crippen molar-refractivity contribution >= 4 is 16.9 Å². The van der Waals surface area contributed by atoms with E-state index in [1.54, 1.807) is 0 Å². The molecule has 0 saturated heterocycles. The second kappa shape index (κ2) is 3.49. The Kier molecular flexibility index (Phi) is 2.18. The number of H-pyrrole nitrogens is 1. The lowest BCUT2D eigenvalue weighted by Crippen LogP contribution is -2.10. The molecule has 0 unspecified atom stereocenters. The highest BCUT2D eigenvalue weighted by molar-refractivity contribution is 5.77. The number of benzene rings is 1. The molecule has 4 nitrogen and oxygen atoms in total. The van der Waals surface area contributed by atoms with Gasteiger partial charge in [-0.15, -0.1) is 0 Å². The van der Waals surface area contributed by atoms with Crippen LogP contribution in [0.15, 0.2) is 24.3 Å². The molecule has 4 heteroatoms. The molecule has 0 aliphatic carbocycles. The van der Waals surface area contributed by atoms with E-state index in [0.717, 1.165) is 16.9 Å². The van der Waals surface area contributed by atoms with E-state index in [-0.39, 0.29) is 5.84 Å². The predicted molar refractivity (Wildman–Crippen MR) is 56.3 cm³/mol. The summed E-state index contributed by atoms with van der Waals surface area (Å²) in [6, 6.07) is 7.87. The maximum absolute atomic E-state index is 7.11. The average Bonchev–Trinajstić information content (AvgIpc) is 2.57. The lowest BCUT2D eigenvalue weighted by atomic mass is 10.3. The van der Waals surface area contributed by atoms with Crippen LogP contribution in [0.4, 0.5) is 0 Å². The van der Waals surface area contributed by atoms with E-state index >= 15 is 0 Å². The molecule has 1 heterocycles. The third-order valence-corrected chi connectivity index (χ3v) is 2.07. The van der Waals surface area contributed by atoms with Crippen molar-refractivity contribution in [2.45, 2.75) is 12.8 Å². The molecule has 0 spiro atoms. The van der Waals surface area contributed by atoms with E-state index in [1.807, 2.05) is 24.3 Å². The first kappa shape index (κ1) is 8.74. The molecule has 4 N–H and O–H groups in total. The zero-order chi connectivity index (χ0) is 9.97. The van der Waals surface area contributed by atoms with Crippen molar-refractivity contribution < 1.29 is 0 Å². The molecule has 0 bridgehead atoms. The molecular weight excluding hydrogens is 176 g/mol. The Bertz CT molecular complexity index is 425. The van der Waals surface area contributed by atoms with Crippen molar-refractivity contribution in [1.82, 2.24) is 9.97 Å². The second-order valence-corrected chi connectivity index (χ2v) is 3.23. The van der Waals surface area contributed by atoms with Crippen LogP contribution < -0.4 is 5.73 Å². The number of hydrogen-bond donors (Lipinski definition) is 3.